The molecule has 1 aromatic carbocycles. The average Bonchev–Trinajstić information content (AvgIpc) is 2.93. The summed E-state index contributed by atoms with van der Waals surface area (Å²) in [6.45, 7) is 4.29. The molecule has 0 aliphatic heterocycles. The minimum atomic E-state index is 0.0510. The Morgan fingerprint density at radius 3 is 2.93 bits per heavy atom. The second-order valence-electron chi connectivity index (χ2n) is 7.57. The smallest absolute Gasteiger partial charge is 0.230 e. The zero-order chi connectivity index (χ0) is 19.0. The fraction of sp³-hybridized carbons (Fsp3) is 0.500. The van der Waals surface area contributed by atoms with E-state index in [1.54, 1.807) is 0 Å². The number of rotatable bonds is 4. The van der Waals surface area contributed by atoms with Crippen molar-refractivity contribution in [3.63, 3.8) is 0 Å². The molecule has 1 saturated carbocycles. The van der Waals surface area contributed by atoms with Crippen LogP contribution in [0.2, 0.25) is 0 Å². The van der Waals surface area contributed by atoms with Crippen molar-refractivity contribution in [2.24, 2.45) is 13.0 Å². The largest absolute Gasteiger partial charge is 0.352 e. The predicted molar refractivity (Wildman–Crippen MR) is 109 cm³/mol. The van der Waals surface area contributed by atoms with Gasteiger partial charge < -0.3 is 9.88 Å². The van der Waals surface area contributed by atoms with Gasteiger partial charge in [-0.1, -0.05) is 43.2 Å². The highest BCUT2D eigenvalue weighted by atomic mass is 32.2. The number of hydrogen-bond acceptors (Lipinski definition) is 5. The Morgan fingerprint density at radius 1 is 1.30 bits per heavy atom. The maximum atomic E-state index is 12.3. The molecule has 2 aromatic heterocycles. The number of carbonyl (C=O) groups is 1. The highest BCUT2D eigenvalue weighted by Gasteiger charge is 2.23. The number of nitrogens with zero attached hydrogens (tertiary/aromatic N) is 4. The van der Waals surface area contributed by atoms with Gasteiger partial charge in [0.05, 0.1) is 11.3 Å². The quantitative estimate of drug-likeness (QED) is 0.697. The normalized spacial score (nSPS) is 20.3. The maximum Gasteiger partial charge on any atom is 0.230 e. The average molecular weight is 384 g/mol. The Bertz CT molecular complexity index is 999. The Labute approximate surface area is 163 Å². The molecular weight excluding hydrogens is 358 g/mol. The first kappa shape index (κ1) is 18.2. The van der Waals surface area contributed by atoms with Gasteiger partial charge in [0.1, 0.15) is 5.52 Å². The fourth-order valence-electron chi connectivity index (χ4n) is 3.93. The van der Waals surface area contributed by atoms with E-state index in [0.717, 1.165) is 28.5 Å². The van der Waals surface area contributed by atoms with Gasteiger partial charge in [0, 0.05) is 18.5 Å². The number of benzene rings is 1. The van der Waals surface area contributed by atoms with Crippen LogP contribution in [0.15, 0.2) is 23.4 Å². The summed E-state index contributed by atoms with van der Waals surface area (Å²) < 4.78 is 2.03. The lowest BCUT2D eigenvalue weighted by molar-refractivity contribution is -0.119. The van der Waals surface area contributed by atoms with Gasteiger partial charge in [-0.2, -0.15) is 0 Å². The van der Waals surface area contributed by atoms with Crippen molar-refractivity contribution in [1.29, 1.82) is 0 Å². The number of fused-ring (bicyclic) bond motifs is 3. The highest BCUT2D eigenvalue weighted by molar-refractivity contribution is 7.99. The third kappa shape index (κ3) is 3.65. The van der Waals surface area contributed by atoms with E-state index in [2.05, 4.69) is 52.5 Å². The lowest BCUT2D eigenvalue weighted by Gasteiger charge is -2.29. The number of amides is 1. The first-order valence-electron chi connectivity index (χ1n) is 9.54. The molecule has 1 aliphatic rings. The zero-order valence-electron chi connectivity index (χ0n) is 16.0. The summed E-state index contributed by atoms with van der Waals surface area (Å²) in [5, 5.41) is 13.4. The van der Waals surface area contributed by atoms with Gasteiger partial charge in [-0.3, -0.25) is 4.79 Å². The van der Waals surface area contributed by atoms with Crippen LogP contribution in [0.25, 0.3) is 22.1 Å². The van der Waals surface area contributed by atoms with Crippen LogP contribution < -0.4 is 5.32 Å². The topological polar surface area (TPSA) is 72.7 Å². The summed E-state index contributed by atoms with van der Waals surface area (Å²) in [5.41, 5.74) is 3.88. The third-order valence-corrected chi connectivity index (χ3v) is 6.36. The molecule has 3 aromatic rings. The predicted octanol–water partition coefficient (Wildman–Crippen LogP) is 3.61. The van der Waals surface area contributed by atoms with Gasteiger partial charge in [0.2, 0.25) is 11.1 Å². The van der Waals surface area contributed by atoms with E-state index in [1.807, 2.05) is 11.6 Å². The lowest BCUT2D eigenvalue weighted by Crippen LogP contribution is -2.41. The minimum absolute atomic E-state index is 0.0510. The van der Waals surface area contributed by atoms with Gasteiger partial charge in [-0.05, 0) is 37.8 Å². The molecule has 1 fully saturated rings. The van der Waals surface area contributed by atoms with Crippen molar-refractivity contribution in [3.05, 3.63) is 23.8 Å². The molecule has 0 bridgehead atoms. The minimum Gasteiger partial charge on any atom is -0.352 e. The van der Waals surface area contributed by atoms with Gasteiger partial charge in [0.15, 0.2) is 5.65 Å². The summed E-state index contributed by atoms with van der Waals surface area (Å²) in [6, 6.07) is 6.58. The van der Waals surface area contributed by atoms with E-state index >= 15 is 0 Å². The number of carbonyl (C=O) groups excluding carboxylic acids is 1. The summed E-state index contributed by atoms with van der Waals surface area (Å²) in [4.78, 5) is 17.0. The van der Waals surface area contributed by atoms with Crippen LogP contribution >= 0.6 is 11.8 Å². The van der Waals surface area contributed by atoms with Crippen molar-refractivity contribution in [2.45, 2.75) is 50.7 Å². The van der Waals surface area contributed by atoms with Crippen LogP contribution in [0.3, 0.4) is 0 Å². The molecule has 2 atom stereocenters. The van der Waals surface area contributed by atoms with Crippen LogP contribution in [0.1, 0.15) is 38.2 Å². The van der Waals surface area contributed by atoms with E-state index in [0.29, 0.717) is 22.9 Å². The van der Waals surface area contributed by atoms with Crippen LogP contribution in [-0.2, 0) is 11.8 Å². The van der Waals surface area contributed by atoms with E-state index in [-0.39, 0.29) is 5.91 Å². The summed E-state index contributed by atoms with van der Waals surface area (Å²) in [6.07, 6.45) is 4.75. The SMILES string of the molecule is Cc1ccc2c(c1)c1nnc(SCC(=O)NC3CCCCC3C)nc1n2C. The van der Waals surface area contributed by atoms with Crippen molar-refractivity contribution >= 4 is 39.7 Å². The van der Waals surface area contributed by atoms with Crippen molar-refractivity contribution in [3.8, 4) is 0 Å². The first-order valence-corrected chi connectivity index (χ1v) is 10.5. The van der Waals surface area contributed by atoms with Gasteiger partial charge in [-0.25, -0.2) is 4.98 Å². The Balaban J connectivity index is 1.48. The zero-order valence-corrected chi connectivity index (χ0v) is 16.8. The summed E-state index contributed by atoms with van der Waals surface area (Å²) in [7, 11) is 1.99. The molecule has 7 heteroatoms. The maximum absolute atomic E-state index is 12.3. The van der Waals surface area contributed by atoms with Crippen LogP contribution in [-0.4, -0.2) is 37.5 Å². The lowest BCUT2D eigenvalue weighted by atomic mass is 9.86. The van der Waals surface area contributed by atoms with Gasteiger partial charge in [0.25, 0.3) is 0 Å². The second-order valence-corrected chi connectivity index (χ2v) is 8.51. The van der Waals surface area contributed by atoms with Crippen LogP contribution in [0.5, 0.6) is 0 Å². The van der Waals surface area contributed by atoms with Crippen molar-refractivity contribution in [2.75, 3.05) is 5.75 Å². The molecule has 1 aliphatic carbocycles. The Morgan fingerprint density at radius 2 is 2.11 bits per heavy atom. The van der Waals surface area contributed by atoms with E-state index < -0.39 is 0 Å². The third-order valence-electron chi connectivity index (χ3n) is 5.53. The Kier molecular flexibility index (Phi) is 5.04. The molecule has 2 heterocycles. The van der Waals surface area contributed by atoms with E-state index in [1.165, 1.54) is 36.6 Å². The number of aryl methyl sites for hydroxylation is 2. The molecule has 4 rings (SSSR count). The Hall–Kier alpha value is -2.15. The first-order chi connectivity index (χ1) is 13.0. The van der Waals surface area contributed by atoms with Gasteiger partial charge in [-0.15, -0.1) is 10.2 Å². The number of thioether (sulfide) groups is 1. The molecule has 0 spiro atoms. The number of hydrogen-bond donors (Lipinski definition) is 1. The van der Waals surface area contributed by atoms with E-state index in [4.69, 9.17) is 0 Å². The molecule has 6 nitrogen and oxygen atoms in total. The number of aromatic nitrogens is 4. The van der Waals surface area contributed by atoms with Crippen LogP contribution in [0.4, 0.5) is 0 Å². The molecular formula is C20H25N5OS. The molecule has 0 radical (unpaired) electrons. The summed E-state index contributed by atoms with van der Waals surface area (Å²) in [5.74, 6) is 0.927. The standard InChI is InChI=1S/C20H25N5OS/c1-12-8-9-16-14(10-12)18-19(25(16)3)22-20(24-23-18)27-11-17(26)21-15-7-5-4-6-13(15)2/h8-10,13,15H,4-7,11H2,1-3H3,(H,21,26). The fourth-order valence-corrected chi connectivity index (χ4v) is 4.52. The molecule has 0 saturated heterocycles. The van der Waals surface area contributed by atoms with Crippen molar-refractivity contribution < 1.29 is 4.79 Å². The summed E-state index contributed by atoms with van der Waals surface area (Å²) >= 11 is 1.34. The molecule has 1 amide bonds. The van der Waals surface area contributed by atoms with E-state index in [9.17, 15) is 4.79 Å². The van der Waals surface area contributed by atoms with Gasteiger partial charge >= 0.3 is 0 Å². The molecule has 27 heavy (non-hydrogen) atoms. The second kappa shape index (κ2) is 7.46. The van der Waals surface area contributed by atoms with Crippen LogP contribution in [0, 0.1) is 12.8 Å². The molecule has 1 N–H and O–H groups in total. The molecule has 2 unspecified atom stereocenters. The molecule has 142 valence electrons. The number of nitrogens with one attached hydrogen (secondary N) is 1. The van der Waals surface area contributed by atoms with Crippen molar-refractivity contribution in [1.82, 2.24) is 25.1 Å². The highest BCUT2D eigenvalue weighted by Crippen LogP contribution is 2.27. The monoisotopic (exact) mass is 383 g/mol.